The number of H-pyrrole nitrogens is 1. The summed E-state index contributed by atoms with van der Waals surface area (Å²) in [6, 6.07) is 16.9. The molecule has 0 unspecified atom stereocenters. The van der Waals surface area contributed by atoms with Crippen LogP contribution in [0.5, 0.6) is 0 Å². The van der Waals surface area contributed by atoms with E-state index in [0.29, 0.717) is 5.82 Å². The number of fused-ring (bicyclic) bond motifs is 1. The van der Waals surface area contributed by atoms with Gasteiger partial charge in [-0.3, -0.25) is 9.59 Å². The molecule has 0 bridgehead atoms. The highest BCUT2D eigenvalue weighted by atomic mass is 16.5. The Morgan fingerprint density at radius 2 is 1.79 bits per heavy atom. The second-order valence-corrected chi connectivity index (χ2v) is 5.30. The highest BCUT2D eigenvalue weighted by Crippen LogP contribution is 2.10. The van der Waals surface area contributed by atoms with E-state index >= 15 is 0 Å². The van der Waals surface area contributed by atoms with Gasteiger partial charge in [-0.1, -0.05) is 42.5 Å². The first kappa shape index (κ1) is 15.7. The summed E-state index contributed by atoms with van der Waals surface area (Å²) in [6.07, 6.45) is -0.312. The van der Waals surface area contributed by atoms with E-state index in [0.717, 1.165) is 16.6 Å². The zero-order chi connectivity index (χ0) is 16.8. The quantitative estimate of drug-likeness (QED) is 0.538. The van der Waals surface area contributed by atoms with Crippen LogP contribution >= 0.6 is 0 Å². The van der Waals surface area contributed by atoms with Crippen molar-refractivity contribution in [3.63, 3.8) is 0 Å². The number of nitrogens with zero attached hydrogens (tertiary/aromatic N) is 1. The van der Waals surface area contributed by atoms with Gasteiger partial charge < -0.3 is 15.0 Å². The molecule has 1 aromatic heterocycles. The van der Waals surface area contributed by atoms with Gasteiger partial charge in [-0.25, -0.2) is 4.98 Å². The van der Waals surface area contributed by atoms with Crippen LogP contribution in [0.25, 0.3) is 11.0 Å². The van der Waals surface area contributed by atoms with E-state index in [4.69, 9.17) is 4.74 Å². The predicted octanol–water partition coefficient (Wildman–Crippen LogP) is 2.31. The standard InChI is InChI=1S/C18H17N3O3/c22-17(10-18(23)24-12-13-6-2-1-3-7-13)19-11-16-20-14-8-4-5-9-15(14)21-16/h1-9H,10-12H2,(H,19,22)(H,20,21). The van der Waals surface area contributed by atoms with Crippen LogP contribution in [-0.4, -0.2) is 21.8 Å². The number of hydrogen-bond donors (Lipinski definition) is 2. The minimum absolute atomic E-state index is 0.163. The summed E-state index contributed by atoms with van der Waals surface area (Å²) in [6.45, 7) is 0.399. The third-order valence-electron chi connectivity index (χ3n) is 3.44. The number of benzene rings is 2. The van der Waals surface area contributed by atoms with Crippen LogP contribution in [0.1, 0.15) is 17.8 Å². The van der Waals surface area contributed by atoms with Crippen molar-refractivity contribution in [2.75, 3.05) is 0 Å². The molecule has 0 fully saturated rings. The molecule has 1 amide bonds. The molecule has 6 heteroatoms. The maximum absolute atomic E-state index is 11.8. The maximum atomic E-state index is 11.8. The molecule has 0 atom stereocenters. The fraction of sp³-hybridized carbons (Fsp3) is 0.167. The van der Waals surface area contributed by atoms with Gasteiger partial charge >= 0.3 is 5.97 Å². The largest absolute Gasteiger partial charge is 0.460 e. The van der Waals surface area contributed by atoms with Crippen molar-refractivity contribution < 1.29 is 14.3 Å². The van der Waals surface area contributed by atoms with Gasteiger partial charge in [0.15, 0.2) is 0 Å². The molecule has 0 saturated heterocycles. The van der Waals surface area contributed by atoms with Crippen LogP contribution in [0, 0.1) is 0 Å². The van der Waals surface area contributed by atoms with Gasteiger partial charge in [0, 0.05) is 0 Å². The van der Waals surface area contributed by atoms with Crippen LogP contribution < -0.4 is 5.32 Å². The predicted molar refractivity (Wildman–Crippen MR) is 88.8 cm³/mol. The number of imidazole rings is 1. The van der Waals surface area contributed by atoms with Crippen molar-refractivity contribution in [1.82, 2.24) is 15.3 Å². The van der Waals surface area contributed by atoms with E-state index in [9.17, 15) is 9.59 Å². The van der Waals surface area contributed by atoms with Crippen molar-refractivity contribution in [3.05, 3.63) is 66.0 Å². The number of carbonyl (C=O) groups excluding carboxylic acids is 2. The number of hydrogen-bond acceptors (Lipinski definition) is 4. The number of rotatable bonds is 6. The Balaban J connectivity index is 1.44. The fourth-order valence-electron chi connectivity index (χ4n) is 2.25. The van der Waals surface area contributed by atoms with E-state index in [1.165, 1.54) is 0 Å². The first-order valence-corrected chi connectivity index (χ1v) is 7.60. The van der Waals surface area contributed by atoms with Gasteiger partial charge in [-0.15, -0.1) is 0 Å². The van der Waals surface area contributed by atoms with E-state index in [-0.39, 0.29) is 19.6 Å². The van der Waals surface area contributed by atoms with Crippen molar-refractivity contribution in [2.24, 2.45) is 0 Å². The number of ether oxygens (including phenoxy) is 1. The second kappa shape index (κ2) is 7.41. The Kier molecular flexibility index (Phi) is 4.86. The summed E-state index contributed by atoms with van der Waals surface area (Å²) in [5.41, 5.74) is 2.63. The smallest absolute Gasteiger partial charge is 0.315 e. The van der Waals surface area contributed by atoms with Gasteiger partial charge in [0.25, 0.3) is 0 Å². The summed E-state index contributed by atoms with van der Waals surface area (Å²) in [7, 11) is 0. The zero-order valence-electron chi connectivity index (χ0n) is 13.0. The molecule has 0 aliphatic rings. The van der Waals surface area contributed by atoms with Crippen molar-refractivity contribution in [1.29, 1.82) is 0 Å². The molecule has 2 N–H and O–H groups in total. The number of aromatic nitrogens is 2. The maximum Gasteiger partial charge on any atom is 0.315 e. The summed E-state index contributed by atoms with van der Waals surface area (Å²) >= 11 is 0. The first-order chi connectivity index (χ1) is 11.7. The number of nitrogens with one attached hydrogen (secondary N) is 2. The van der Waals surface area contributed by atoms with Crippen LogP contribution in [0.3, 0.4) is 0 Å². The lowest BCUT2D eigenvalue weighted by Crippen LogP contribution is -2.26. The Bertz CT molecular complexity index is 810. The van der Waals surface area contributed by atoms with E-state index in [1.54, 1.807) is 0 Å². The van der Waals surface area contributed by atoms with Crippen LogP contribution in [0.15, 0.2) is 54.6 Å². The Labute approximate surface area is 138 Å². The highest BCUT2D eigenvalue weighted by molar-refractivity contribution is 5.94. The minimum Gasteiger partial charge on any atom is -0.460 e. The van der Waals surface area contributed by atoms with Gasteiger partial charge in [0.05, 0.1) is 17.6 Å². The van der Waals surface area contributed by atoms with Crippen molar-refractivity contribution >= 4 is 22.9 Å². The number of amides is 1. The Morgan fingerprint density at radius 3 is 2.58 bits per heavy atom. The zero-order valence-corrected chi connectivity index (χ0v) is 13.0. The van der Waals surface area contributed by atoms with Crippen LogP contribution in [0.2, 0.25) is 0 Å². The van der Waals surface area contributed by atoms with E-state index < -0.39 is 11.9 Å². The normalized spacial score (nSPS) is 10.5. The first-order valence-electron chi connectivity index (χ1n) is 7.60. The van der Waals surface area contributed by atoms with Gasteiger partial charge in [0.2, 0.25) is 5.91 Å². The third kappa shape index (κ3) is 4.19. The number of esters is 1. The number of aromatic amines is 1. The fourth-order valence-corrected chi connectivity index (χ4v) is 2.25. The average Bonchev–Trinajstić information content (AvgIpc) is 3.02. The topological polar surface area (TPSA) is 84.1 Å². The molecule has 2 aromatic carbocycles. The van der Waals surface area contributed by atoms with E-state index in [2.05, 4.69) is 15.3 Å². The molecular formula is C18H17N3O3. The second-order valence-electron chi connectivity index (χ2n) is 5.30. The third-order valence-corrected chi connectivity index (χ3v) is 3.44. The molecule has 1 heterocycles. The molecule has 3 rings (SSSR count). The van der Waals surface area contributed by atoms with Gasteiger partial charge in [-0.2, -0.15) is 0 Å². The monoisotopic (exact) mass is 323 g/mol. The number of para-hydroxylation sites is 2. The Hall–Kier alpha value is -3.15. The Morgan fingerprint density at radius 1 is 1.04 bits per heavy atom. The average molecular weight is 323 g/mol. The lowest BCUT2D eigenvalue weighted by Gasteiger charge is -2.05. The van der Waals surface area contributed by atoms with Gasteiger partial charge in [-0.05, 0) is 17.7 Å². The molecule has 122 valence electrons. The lowest BCUT2D eigenvalue weighted by atomic mass is 10.2. The van der Waals surface area contributed by atoms with Crippen LogP contribution in [0.4, 0.5) is 0 Å². The summed E-state index contributed by atoms with van der Waals surface area (Å²) in [5.74, 6) is -0.309. The van der Waals surface area contributed by atoms with Gasteiger partial charge in [0.1, 0.15) is 18.9 Å². The summed E-state index contributed by atoms with van der Waals surface area (Å²) in [5, 5.41) is 2.66. The SMILES string of the molecule is O=C(CC(=O)OCc1ccccc1)NCc1nc2ccccc2[nH]1. The molecule has 3 aromatic rings. The highest BCUT2D eigenvalue weighted by Gasteiger charge is 2.11. The molecule has 0 radical (unpaired) electrons. The molecule has 24 heavy (non-hydrogen) atoms. The van der Waals surface area contributed by atoms with Crippen molar-refractivity contribution in [3.8, 4) is 0 Å². The minimum atomic E-state index is -0.555. The van der Waals surface area contributed by atoms with Crippen molar-refractivity contribution in [2.45, 2.75) is 19.6 Å². The molecule has 0 saturated carbocycles. The molecule has 0 spiro atoms. The summed E-state index contributed by atoms with van der Waals surface area (Å²) in [4.78, 5) is 30.9. The molecule has 0 aliphatic heterocycles. The van der Waals surface area contributed by atoms with E-state index in [1.807, 2.05) is 54.6 Å². The summed E-state index contributed by atoms with van der Waals surface area (Å²) < 4.78 is 5.08. The lowest BCUT2D eigenvalue weighted by molar-refractivity contribution is -0.147. The van der Waals surface area contributed by atoms with Crippen LogP contribution in [-0.2, 0) is 27.5 Å². The molecule has 6 nitrogen and oxygen atoms in total. The number of carbonyl (C=O) groups is 2. The molecule has 0 aliphatic carbocycles. The molecular weight excluding hydrogens is 306 g/mol.